The van der Waals surface area contributed by atoms with Gasteiger partial charge < -0.3 is 20.2 Å². The first kappa shape index (κ1) is 14.8. The number of ether oxygens (including phenoxy) is 1. The van der Waals surface area contributed by atoms with Gasteiger partial charge in [0.25, 0.3) is 0 Å². The largest absolute Gasteiger partial charge is 0.406 e. The number of nitrogens with two attached hydrogens (primary N) is 1. The van der Waals surface area contributed by atoms with Crippen molar-refractivity contribution in [3.63, 3.8) is 0 Å². The van der Waals surface area contributed by atoms with Gasteiger partial charge in [0.15, 0.2) is 0 Å². The molecule has 7 heteroatoms. The molecule has 1 aliphatic carbocycles. The Morgan fingerprint density at radius 3 is 2.80 bits per heavy atom. The summed E-state index contributed by atoms with van der Waals surface area (Å²) in [6.45, 7) is 2.12. The number of nitrogen functional groups attached to an aromatic ring is 1. The van der Waals surface area contributed by atoms with Crippen molar-refractivity contribution in [2.45, 2.75) is 64.2 Å². The number of amides is 1. The molecule has 0 spiro atoms. The molecule has 0 aromatic carbocycles. The first-order valence-electron chi connectivity index (χ1n) is 7.20. The van der Waals surface area contributed by atoms with E-state index in [1.54, 1.807) is 0 Å². The summed E-state index contributed by atoms with van der Waals surface area (Å²) in [6.07, 6.45) is 6.16. The van der Waals surface area contributed by atoms with E-state index in [1.165, 1.54) is 19.3 Å². The molecule has 0 saturated heterocycles. The smallest absolute Gasteiger partial charge is 0.312 e. The van der Waals surface area contributed by atoms with E-state index in [0.29, 0.717) is 12.3 Å². The second-order valence-corrected chi connectivity index (χ2v) is 5.04. The topological polar surface area (TPSA) is 103 Å². The Bertz CT molecular complexity index is 429. The van der Waals surface area contributed by atoms with E-state index in [9.17, 15) is 4.79 Å². The van der Waals surface area contributed by atoms with Crippen LogP contribution in [0, 0.1) is 0 Å². The molecule has 3 N–H and O–H groups in total. The van der Waals surface area contributed by atoms with Crippen LogP contribution >= 0.6 is 0 Å². The molecule has 1 amide bonds. The van der Waals surface area contributed by atoms with Gasteiger partial charge in [-0.2, -0.15) is 0 Å². The van der Waals surface area contributed by atoms with Crippen LogP contribution in [-0.2, 0) is 16.1 Å². The molecule has 1 fully saturated rings. The Balaban J connectivity index is 1.78. The van der Waals surface area contributed by atoms with Gasteiger partial charge in [-0.25, -0.2) is 0 Å². The zero-order chi connectivity index (χ0) is 14.4. The molecule has 1 aromatic heterocycles. The van der Waals surface area contributed by atoms with Crippen molar-refractivity contribution in [3.8, 4) is 0 Å². The van der Waals surface area contributed by atoms with Gasteiger partial charge in [-0.1, -0.05) is 31.3 Å². The fourth-order valence-electron chi connectivity index (χ4n) is 2.39. The van der Waals surface area contributed by atoms with Crippen LogP contribution in [0.3, 0.4) is 0 Å². The van der Waals surface area contributed by atoms with E-state index in [1.807, 2.05) is 6.92 Å². The summed E-state index contributed by atoms with van der Waals surface area (Å²) in [5.74, 6) is 0.151. The third kappa shape index (κ3) is 4.19. The summed E-state index contributed by atoms with van der Waals surface area (Å²) in [7, 11) is 0. The molecule has 1 atom stereocenters. The molecule has 1 aromatic rings. The molecule has 1 saturated carbocycles. The minimum atomic E-state index is -0.418. The zero-order valence-electron chi connectivity index (χ0n) is 11.8. The van der Waals surface area contributed by atoms with Crippen molar-refractivity contribution in [1.82, 2.24) is 15.5 Å². The monoisotopic (exact) mass is 282 g/mol. The lowest BCUT2D eigenvalue weighted by atomic mass is 9.97. The molecule has 0 bridgehead atoms. The van der Waals surface area contributed by atoms with Gasteiger partial charge in [0.1, 0.15) is 6.10 Å². The number of carbonyl (C=O) groups excluding carboxylic acids is 1. The van der Waals surface area contributed by atoms with Gasteiger partial charge in [-0.3, -0.25) is 4.79 Å². The van der Waals surface area contributed by atoms with E-state index in [-0.39, 0.29) is 24.6 Å². The number of nitrogens with one attached hydrogen (secondary N) is 1. The van der Waals surface area contributed by atoms with E-state index < -0.39 is 6.10 Å². The molecule has 1 heterocycles. The first-order valence-corrected chi connectivity index (χ1v) is 7.20. The number of hydrogen-bond acceptors (Lipinski definition) is 6. The van der Waals surface area contributed by atoms with Crippen LogP contribution in [0.2, 0.25) is 0 Å². The average Bonchev–Trinajstić information content (AvgIpc) is 2.89. The first-order chi connectivity index (χ1) is 9.69. The highest BCUT2D eigenvalue weighted by atomic mass is 16.5. The Morgan fingerprint density at radius 2 is 2.20 bits per heavy atom. The Labute approximate surface area is 118 Å². The van der Waals surface area contributed by atoms with Gasteiger partial charge in [-0.15, -0.1) is 5.10 Å². The Kier molecular flexibility index (Phi) is 5.34. The standard InChI is InChI=1S/C13H22N4O3/c1-2-10(19-9-6-4-3-5-7-9)12(18)15-8-11-16-17-13(14)20-11/h9-10H,2-8H2,1H3,(H2,14,17)(H,15,18). The molecule has 1 unspecified atom stereocenters. The van der Waals surface area contributed by atoms with Gasteiger partial charge in [0.2, 0.25) is 11.8 Å². The lowest BCUT2D eigenvalue weighted by Gasteiger charge is -2.26. The van der Waals surface area contributed by atoms with Crippen LogP contribution in [0.15, 0.2) is 4.42 Å². The van der Waals surface area contributed by atoms with Crippen molar-refractivity contribution in [1.29, 1.82) is 0 Å². The van der Waals surface area contributed by atoms with Crippen molar-refractivity contribution in [2.75, 3.05) is 5.73 Å². The second-order valence-electron chi connectivity index (χ2n) is 5.04. The molecular formula is C13H22N4O3. The van der Waals surface area contributed by atoms with E-state index >= 15 is 0 Å². The van der Waals surface area contributed by atoms with Crippen LogP contribution < -0.4 is 11.1 Å². The second kappa shape index (κ2) is 7.23. The molecule has 1 aliphatic rings. The lowest BCUT2D eigenvalue weighted by molar-refractivity contribution is -0.138. The Morgan fingerprint density at radius 1 is 1.45 bits per heavy atom. The summed E-state index contributed by atoms with van der Waals surface area (Å²) >= 11 is 0. The number of nitrogens with zero attached hydrogens (tertiary/aromatic N) is 2. The van der Waals surface area contributed by atoms with Crippen LogP contribution in [0.4, 0.5) is 6.01 Å². The minimum absolute atomic E-state index is 0.000235. The zero-order valence-corrected chi connectivity index (χ0v) is 11.8. The molecule has 7 nitrogen and oxygen atoms in total. The molecule has 0 aliphatic heterocycles. The molecule has 2 rings (SSSR count). The van der Waals surface area contributed by atoms with Gasteiger partial charge in [0, 0.05) is 0 Å². The Hall–Kier alpha value is -1.63. The van der Waals surface area contributed by atoms with Crippen LogP contribution in [0.5, 0.6) is 0 Å². The average molecular weight is 282 g/mol. The maximum absolute atomic E-state index is 12.1. The number of hydrogen-bond donors (Lipinski definition) is 2. The number of carbonyl (C=O) groups is 1. The van der Waals surface area contributed by atoms with Gasteiger partial charge in [-0.05, 0) is 19.3 Å². The van der Waals surface area contributed by atoms with E-state index in [2.05, 4.69) is 15.5 Å². The lowest BCUT2D eigenvalue weighted by Crippen LogP contribution is -2.38. The highest BCUT2D eigenvalue weighted by Gasteiger charge is 2.23. The van der Waals surface area contributed by atoms with Crippen LogP contribution in [-0.4, -0.2) is 28.3 Å². The van der Waals surface area contributed by atoms with Crippen molar-refractivity contribution >= 4 is 11.9 Å². The van der Waals surface area contributed by atoms with Crippen LogP contribution in [0.25, 0.3) is 0 Å². The number of aromatic nitrogens is 2. The maximum Gasteiger partial charge on any atom is 0.312 e. The summed E-state index contributed by atoms with van der Waals surface area (Å²) < 4.78 is 10.9. The van der Waals surface area contributed by atoms with E-state index in [4.69, 9.17) is 14.9 Å². The number of rotatable bonds is 6. The fraction of sp³-hybridized carbons (Fsp3) is 0.769. The van der Waals surface area contributed by atoms with Gasteiger partial charge in [0.05, 0.1) is 12.6 Å². The molecule has 112 valence electrons. The molecule has 20 heavy (non-hydrogen) atoms. The summed E-state index contributed by atoms with van der Waals surface area (Å²) in [4.78, 5) is 12.1. The predicted octanol–water partition coefficient (Wildman–Crippen LogP) is 1.40. The van der Waals surface area contributed by atoms with Crippen molar-refractivity contribution in [2.24, 2.45) is 0 Å². The van der Waals surface area contributed by atoms with E-state index in [0.717, 1.165) is 12.8 Å². The van der Waals surface area contributed by atoms with Gasteiger partial charge >= 0.3 is 6.01 Å². The maximum atomic E-state index is 12.1. The van der Waals surface area contributed by atoms with Crippen molar-refractivity contribution in [3.05, 3.63) is 5.89 Å². The SMILES string of the molecule is CCC(OC1CCCCC1)C(=O)NCc1nnc(N)o1. The molecular weight excluding hydrogens is 260 g/mol. The molecule has 0 radical (unpaired) electrons. The summed E-state index contributed by atoms with van der Waals surface area (Å²) in [5, 5.41) is 9.96. The van der Waals surface area contributed by atoms with Crippen LogP contribution in [0.1, 0.15) is 51.3 Å². The minimum Gasteiger partial charge on any atom is -0.406 e. The third-order valence-electron chi connectivity index (χ3n) is 3.47. The quantitative estimate of drug-likeness (QED) is 0.817. The highest BCUT2D eigenvalue weighted by Crippen LogP contribution is 2.22. The predicted molar refractivity (Wildman–Crippen MR) is 72.6 cm³/mol. The summed E-state index contributed by atoms with van der Waals surface area (Å²) in [6, 6.07) is -0.000235. The van der Waals surface area contributed by atoms with Crippen molar-refractivity contribution < 1.29 is 13.9 Å². The normalized spacial score (nSPS) is 17.9. The summed E-state index contributed by atoms with van der Waals surface area (Å²) in [5.41, 5.74) is 5.32. The number of anilines is 1. The third-order valence-corrected chi connectivity index (χ3v) is 3.47. The fourth-order valence-corrected chi connectivity index (χ4v) is 2.39. The highest BCUT2D eigenvalue weighted by molar-refractivity contribution is 5.80.